The maximum atomic E-state index is 13.7. The Morgan fingerprint density at radius 2 is 1.56 bits per heavy atom. The van der Waals surface area contributed by atoms with E-state index in [-0.39, 0.29) is 25.2 Å². The Kier molecular flexibility index (Phi) is 12.8. The second-order valence-corrected chi connectivity index (χ2v) is 11.5. The molecule has 3 aromatic rings. The minimum Gasteiger partial charge on any atom is -0.480 e. The first-order valence-corrected chi connectivity index (χ1v) is 15.2. The summed E-state index contributed by atoms with van der Waals surface area (Å²) in [5.74, 6) is -2.57. The molecule has 0 aliphatic carbocycles. The molecule has 0 saturated heterocycles. The molecule has 0 bridgehead atoms. The van der Waals surface area contributed by atoms with E-state index >= 15 is 0 Å². The number of anilines is 1. The molecule has 13 heteroatoms. The largest absolute Gasteiger partial charge is 0.480 e. The molecule has 0 fully saturated rings. The molecule has 3 atom stereocenters. The molecule has 5 N–H and O–H groups in total. The number of unbranched alkanes of at least 4 members (excludes halogenated alkanes) is 1. The van der Waals surface area contributed by atoms with Crippen LogP contribution in [-0.2, 0) is 25.5 Å². The Labute approximate surface area is 266 Å². The molecule has 0 radical (unpaired) electrons. The van der Waals surface area contributed by atoms with Crippen molar-refractivity contribution in [2.24, 2.45) is 5.92 Å². The Balaban J connectivity index is 1.92. The summed E-state index contributed by atoms with van der Waals surface area (Å²) in [5, 5.41) is 21.3. The van der Waals surface area contributed by atoms with E-state index in [4.69, 9.17) is 16.3 Å². The number of nitrogens with zero attached hydrogens (tertiary/aromatic N) is 1. The van der Waals surface area contributed by atoms with Crippen LogP contribution in [-0.4, -0.2) is 64.8 Å². The molecule has 2 aromatic carbocycles. The van der Waals surface area contributed by atoms with E-state index in [9.17, 15) is 29.1 Å². The first-order valence-electron chi connectivity index (χ1n) is 14.8. The molecule has 3 unspecified atom stereocenters. The van der Waals surface area contributed by atoms with Crippen molar-refractivity contribution < 1.29 is 33.8 Å². The Bertz CT molecular complexity index is 1520. The summed E-state index contributed by atoms with van der Waals surface area (Å²) in [6.45, 7) is 5.67. The third-order valence-corrected chi connectivity index (χ3v) is 7.46. The first kappa shape index (κ1) is 34.9. The number of amides is 4. The van der Waals surface area contributed by atoms with Crippen LogP contribution >= 0.6 is 11.6 Å². The van der Waals surface area contributed by atoms with Crippen LogP contribution in [0.2, 0.25) is 5.02 Å². The van der Waals surface area contributed by atoms with E-state index in [1.165, 1.54) is 17.9 Å². The van der Waals surface area contributed by atoms with Crippen molar-refractivity contribution >= 4 is 58.1 Å². The number of carbonyl (C=O) groups excluding carboxylic acids is 4. The topological polar surface area (TPSA) is 168 Å². The molecule has 1 heterocycles. The predicted octanol–water partition coefficient (Wildman–Crippen LogP) is 4.93. The van der Waals surface area contributed by atoms with Crippen LogP contribution in [0, 0.1) is 5.92 Å². The molecule has 0 saturated carbocycles. The third kappa shape index (κ3) is 9.70. The van der Waals surface area contributed by atoms with E-state index < -0.39 is 48.0 Å². The van der Waals surface area contributed by atoms with Gasteiger partial charge < -0.3 is 31.1 Å². The number of halogens is 1. The molecule has 4 amide bonds. The number of para-hydroxylation sites is 2. The van der Waals surface area contributed by atoms with Crippen molar-refractivity contribution in [2.45, 2.75) is 71.0 Å². The van der Waals surface area contributed by atoms with Crippen molar-refractivity contribution in [1.82, 2.24) is 20.5 Å². The van der Waals surface area contributed by atoms with Crippen LogP contribution in [0.25, 0.3) is 10.9 Å². The Hall–Kier alpha value is -4.58. The second-order valence-electron chi connectivity index (χ2n) is 11.1. The van der Waals surface area contributed by atoms with E-state index in [0.717, 1.165) is 6.42 Å². The monoisotopic (exact) mass is 641 g/mol. The van der Waals surface area contributed by atoms with E-state index in [2.05, 4.69) is 21.3 Å². The van der Waals surface area contributed by atoms with Crippen LogP contribution in [0.4, 0.5) is 15.3 Å². The lowest BCUT2D eigenvalue weighted by atomic mass is 10.0. The summed E-state index contributed by atoms with van der Waals surface area (Å²) in [7, 11) is 1.25. The van der Waals surface area contributed by atoms with Crippen molar-refractivity contribution in [3.8, 4) is 0 Å². The quantitative estimate of drug-likeness (QED) is 0.166. The summed E-state index contributed by atoms with van der Waals surface area (Å²) in [6.07, 6.45) is 2.55. The molecule has 0 spiro atoms. The minimum absolute atomic E-state index is 0.0166. The number of rotatable bonds is 14. The average Bonchev–Trinajstić information content (AvgIpc) is 3.37. The number of carboxylic acid groups (broad SMARTS) is 1. The van der Waals surface area contributed by atoms with Crippen LogP contribution < -0.4 is 21.3 Å². The fourth-order valence-electron chi connectivity index (χ4n) is 4.88. The molecular weight excluding hydrogens is 602 g/mol. The van der Waals surface area contributed by atoms with Crippen molar-refractivity contribution in [1.29, 1.82) is 0 Å². The number of hydrogen-bond donors (Lipinski definition) is 5. The Morgan fingerprint density at radius 1 is 0.911 bits per heavy atom. The zero-order valence-electron chi connectivity index (χ0n) is 25.8. The van der Waals surface area contributed by atoms with Crippen LogP contribution in [0.3, 0.4) is 0 Å². The molecule has 45 heavy (non-hydrogen) atoms. The van der Waals surface area contributed by atoms with Crippen LogP contribution in [0.5, 0.6) is 0 Å². The summed E-state index contributed by atoms with van der Waals surface area (Å²) in [5.41, 5.74) is 1.43. The van der Waals surface area contributed by atoms with Gasteiger partial charge in [0.05, 0.1) is 23.3 Å². The number of benzene rings is 2. The number of aliphatic carboxylic acids is 1. The van der Waals surface area contributed by atoms with E-state index in [0.29, 0.717) is 33.6 Å². The lowest BCUT2D eigenvalue weighted by Gasteiger charge is -2.25. The normalized spacial score (nSPS) is 13.0. The fraction of sp³-hybridized carbons (Fsp3) is 0.406. The highest BCUT2D eigenvalue weighted by molar-refractivity contribution is 6.33. The van der Waals surface area contributed by atoms with Crippen LogP contribution in [0.15, 0.2) is 54.7 Å². The number of urea groups is 1. The third-order valence-electron chi connectivity index (χ3n) is 7.13. The van der Waals surface area contributed by atoms with Gasteiger partial charge in [-0.2, -0.15) is 0 Å². The number of methoxy groups -OCH3 is 1. The van der Waals surface area contributed by atoms with Gasteiger partial charge in [-0.05, 0) is 42.5 Å². The number of hydrogen-bond acceptors (Lipinski definition) is 6. The number of carboxylic acids is 1. The molecule has 1 aromatic heterocycles. The number of fused-ring (bicyclic) bond motifs is 1. The SMILES string of the molecule is CCCCC(NC(=O)C(Cc1cn(C(=O)OC)c2ccccc12)NC(=O)C(CC(C)C)NC(=O)Nc1ccccc1Cl)C(=O)O. The molecular formula is C32H40ClN5O7. The van der Waals surface area contributed by atoms with Crippen molar-refractivity contribution in [3.05, 3.63) is 65.3 Å². The molecule has 242 valence electrons. The fourth-order valence-corrected chi connectivity index (χ4v) is 5.07. The van der Waals surface area contributed by atoms with E-state index in [1.54, 1.807) is 48.5 Å². The van der Waals surface area contributed by atoms with Gasteiger partial charge in [-0.1, -0.05) is 75.5 Å². The average molecular weight is 642 g/mol. The molecule has 0 aliphatic rings. The number of nitrogens with one attached hydrogen (secondary N) is 4. The van der Waals surface area contributed by atoms with Gasteiger partial charge in [0.1, 0.15) is 18.1 Å². The van der Waals surface area contributed by atoms with Crippen molar-refractivity contribution in [2.75, 3.05) is 12.4 Å². The first-order chi connectivity index (χ1) is 21.4. The van der Waals surface area contributed by atoms with Gasteiger partial charge in [0.25, 0.3) is 0 Å². The molecule has 12 nitrogen and oxygen atoms in total. The molecule has 3 rings (SSSR count). The number of carbonyl (C=O) groups is 5. The lowest BCUT2D eigenvalue weighted by Crippen LogP contribution is -2.57. The highest BCUT2D eigenvalue weighted by atomic mass is 35.5. The predicted molar refractivity (Wildman–Crippen MR) is 171 cm³/mol. The zero-order chi connectivity index (χ0) is 33.1. The smallest absolute Gasteiger partial charge is 0.418 e. The van der Waals surface area contributed by atoms with Gasteiger partial charge in [0.15, 0.2) is 0 Å². The van der Waals surface area contributed by atoms with Gasteiger partial charge in [-0.15, -0.1) is 0 Å². The second kappa shape index (κ2) is 16.5. The van der Waals surface area contributed by atoms with Gasteiger partial charge in [0.2, 0.25) is 11.8 Å². The van der Waals surface area contributed by atoms with Gasteiger partial charge in [0, 0.05) is 18.0 Å². The maximum absolute atomic E-state index is 13.7. The lowest BCUT2D eigenvalue weighted by molar-refractivity contribution is -0.142. The Morgan fingerprint density at radius 3 is 2.20 bits per heavy atom. The van der Waals surface area contributed by atoms with Gasteiger partial charge >= 0.3 is 18.1 Å². The van der Waals surface area contributed by atoms with E-state index in [1.807, 2.05) is 20.8 Å². The number of ether oxygens (including phenoxy) is 1. The molecule has 0 aliphatic heterocycles. The summed E-state index contributed by atoms with van der Waals surface area (Å²) >= 11 is 6.16. The van der Waals surface area contributed by atoms with Crippen LogP contribution in [0.1, 0.15) is 52.0 Å². The van der Waals surface area contributed by atoms with Gasteiger partial charge in [-0.3, -0.25) is 14.2 Å². The highest BCUT2D eigenvalue weighted by Crippen LogP contribution is 2.24. The van der Waals surface area contributed by atoms with Crippen molar-refractivity contribution in [3.63, 3.8) is 0 Å². The summed E-state index contributed by atoms with van der Waals surface area (Å²) < 4.78 is 6.20. The number of aromatic nitrogens is 1. The zero-order valence-corrected chi connectivity index (χ0v) is 26.5. The highest BCUT2D eigenvalue weighted by Gasteiger charge is 2.31. The van der Waals surface area contributed by atoms with Gasteiger partial charge in [-0.25, -0.2) is 14.4 Å². The maximum Gasteiger partial charge on any atom is 0.418 e. The minimum atomic E-state index is -1.25. The summed E-state index contributed by atoms with van der Waals surface area (Å²) in [6, 6.07) is 9.51. The standard InChI is InChI=1S/C32H40ClN5O7/c1-5-6-13-24(30(41)42)34-29(40)26(17-20-18-38(32(44)45-4)27-15-10-7-11-21(20)27)35-28(39)25(16-19(2)3)37-31(43)36-23-14-9-8-12-22(23)33/h7-12,14-15,18-19,24-26H,5-6,13,16-17H2,1-4H3,(H,34,40)(H,35,39)(H,41,42)(H2,36,37,43). The summed E-state index contributed by atoms with van der Waals surface area (Å²) in [4.78, 5) is 64.6.